The third-order valence-electron chi connectivity index (χ3n) is 5.73. The molecule has 2 heterocycles. The molecule has 2 aliphatic heterocycles. The van der Waals surface area contributed by atoms with Gasteiger partial charge in [0.25, 0.3) is 0 Å². The third kappa shape index (κ3) is 4.42. The number of aliphatic imine (C=N–C) groups is 1. The highest BCUT2D eigenvalue weighted by molar-refractivity contribution is 5.86. The summed E-state index contributed by atoms with van der Waals surface area (Å²) >= 11 is 0. The van der Waals surface area contributed by atoms with Gasteiger partial charge < -0.3 is 15.0 Å². The van der Waals surface area contributed by atoms with Gasteiger partial charge in [0.05, 0.1) is 13.2 Å². The lowest BCUT2D eigenvalue weighted by Gasteiger charge is -2.29. The number of hydrogen-bond donors (Lipinski definition) is 1. The second kappa shape index (κ2) is 8.72. The molecule has 0 saturated carbocycles. The smallest absolute Gasteiger partial charge is 0.193 e. The first kappa shape index (κ1) is 18.3. The molecular weight excluding hydrogens is 336 g/mol. The molecule has 2 aliphatic rings. The Hall–Kier alpha value is -2.11. The van der Waals surface area contributed by atoms with Crippen LogP contribution in [0.4, 0.5) is 0 Å². The minimum atomic E-state index is 0.721. The normalized spacial score (nSPS) is 21.7. The lowest BCUT2D eigenvalue weighted by atomic mass is 10.0. The van der Waals surface area contributed by atoms with Crippen molar-refractivity contribution in [1.29, 1.82) is 0 Å². The van der Waals surface area contributed by atoms with Crippen LogP contribution in [0.3, 0.4) is 0 Å². The van der Waals surface area contributed by atoms with Crippen molar-refractivity contribution in [2.45, 2.75) is 13.0 Å². The van der Waals surface area contributed by atoms with Crippen LogP contribution in [0.25, 0.3) is 10.8 Å². The first-order valence-corrected chi connectivity index (χ1v) is 10.1. The van der Waals surface area contributed by atoms with E-state index in [-0.39, 0.29) is 0 Å². The van der Waals surface area contributed by atoms with Gasteiger partial charge in [0.15, 0.2) is 5.96 Å². The molecular formula is C22H30N4O. The Morgan fingerprint density at radius 2 is 1.93 bits per heavy atom. The predicted molar refractivity (Wildman–Crippen MR) is 111 cm³/mol. The molecule has 0 spiro atoms. The molecule has 1 atom stereocenters. The zero-order valence-electron chi connectivity index (χ0n) is 16.2. The molecule has 5 heteroatoms. The number of fused-ring (bicyclic) bond motifs is 1. The van der Waals surface area contributed by atoms with Crippen LogP contribution in [0.1, 0.15) is 12.0 Å². The van der Waals surface area contributed by atoms with Crippen molar-refractivity contribution in [1.82, 2.24) is 15.1 Å². The standard InChI is InChI=1S/C22H30N4O/c1-23-22(24-15-20-7-4-6-19-5-2-3-8-21(19)20)26-10-9-18(17-26)16-25-11-13-27-14-12-25/h2-8,18H,9-17H2,1H3,(H,23,24). The molecule has 0 bridgehead atoms. The van der Waals surface area contributed by atoms with Crippen molar-refractivity contribution in [3.8, 4) is 0 Å². The SMILES string of the molecule is CN=C(NCc1cccc2ccccc12)N1CCC(CN2CCOCC2)C1. The fourth-order valence-corrected chi connectivity index (χ4v) is 4.28. The molecule has 1 unspecified atom stereocenters. The average molecular weight is 367 g/mol. The molecule has 144 valence electrons. The van der Waals surface area contributed by atoms with Crippen LogP contribution in [0.15, 0.2) is 47.5 Å². The minimum Gasteiger partial charge on any atom is -0.379 e. The summed E-state index contributed by atoms with van der Waals surface area (Å²) in [5.74, 6) is 1.74. The summed E-state index contributed by atoms with van der Waals surface area (Å²) in [4.78, 5) is 9.50. The van der Waals surface area contributed by atoms with E-state index in [1.807, 2.05) is 7.05 Å². The van der Waals surface area contributed by atoms with Crippen LogP contribution in [0, 0.1) is 5.92 Å². The third-order valence-corrected chi connectivity index (χ3v) is 5.73. The van der Waals surface area contributed by atoms with Crippen LogP contribution in [-0.4, -0.2) is 68.7 Å². The van der Waals surface area contributed by atoms with Crippen molar-refractivity contribution in [2.24, 2.45) is 10.9 Å². The van der Waals surface area contributed by atoms with E-state index < -0.39 is 0 Å². The summed E-state index contributed by atoms with van der Waals surface area (Å²) in [5, 5.41) is 6.19. The van der Waals surface area contributed by atoms with Crippen LogP contribution >= 0.6 is 0 Å². The summed E-state index contributed by atoms with van der Waals surface area (Å²) in [6, 6.07) is 15.1. The summed E-state index contributed by atoms with van der Waals surface area (Å²) in [7, 11) is 1.89. The largest absolute Gasteiger partial charge is 0.379 e. The second-order valence-corrected chi connectivity index (χ2v) is 7.55. The molecule has 0 aliphatic carbocycles. The Balaban J connectivity index is 1.34. The van der Waals surface area contributed by atoms with E-state index in [1.165, 1.54) is 29.3 Å². The molecule has 1 N–H and O–H groups in total. The fraction of sp³-hybridized carbons (Fsp3) is 0.500. The van der Waals surface area contributed by atoms with Crippen molar-refractivity contribution in [2.75, 3.05) is 53.0 Å². The fourth-order valence-electron chi connectivity index (χ4n) is 4.28. The van der Waals surface area contributed by atoms with Gasteiger partial charge in [-0.3, -0.25) is 9.89 Å². The van der Waals surface area contributed by atoms with Gasteiger partial charge in [-0.25, -0.2) is 0 Å². The molecule has 5 nitrogen and oxygen atoms in total. The first-order chi connectivity index (χ1) is 13.3. The number of likely N-dealkylation sites (tertiary alicyclic amines) is 1. The van der Waals surface area contributed by atoms with Crippen molar-refractivity contribution in [3.63, 3.8) is 0 Å². The Bertz CT molecular complexity index is 779. The predicted octanol–water partition coefficient (Wildman–Crippen LogP) is 2.57. The maximum atomic E-state index is 5.46. The van der Waals surface area contributed by atoms with Crippen molar-refractivity contribution < 1.29 is 4.74 Å². The van der Waals surface area contributed by atoms with Crippen LogP contribution in [-0.2, 0) is 11.3 Å². The van der Waals surface area contributed by atoms with E-state index in [4.69, 9.17) is 4.74 Å². The van der Waals surface area contributed by atoms with Crippen LogP contribution < -0.4 is 5.32 Å². The second-order valence-electron chi connectivity index (χ2n) is 7.55. The van der Waals surface area contributed by atoms with Crippen LogP contribution in [0.2, 0.25) is 0 Å². The summed E-state index contributed by atoms with van der Waals surface area (Å²) < 4.78 is 5.46. The number of hydrogen-bond acceptors (Lipinski definition) is 3. The van der Waals surface area contributed by atoms with Gasteiger partial charge in [0.1, 0.15) is 0 Å². The Kier molecular flexibility index (Phi) is 5.90. The highest BCUT2D eigenvalue weighted by atomic mass is 16.5. The number of ether oxygens (including phenoxy) is 1. The Morgan fingerprint density at radius 1 is 1.11 bits per heavy atom. The van der Waals surface area contributed by atoms with E-state index in [1.54, 1.807) is 0 Å². The van der Waals surface area contributed by atoms with Crippen LogP contribution in [0.5, 0.6) is 0 Å². The minimum absolute atomic E-state index is 0.721. The number of nitrogens with one attached hydrogen (secondary N) is 1. The molecule has 2 saturated heterocycles. The molecule has 2 aromatic carbocycles. The van der Waals surface area contributed by atoms with E-state index >= 15 is 0 Å². The Morgan fingerprint density at radius 3 is 2.78 bits per heavy atom. The number of nitrogens with zero attached hydrogens (tertiary/aromatic N) is 3. The van der Waals surface area contributed by atoms with Gasteiger partial charge in [0, 0.05) is 46.3 Å². The monoisotopic (exact) mass is 366 g/mol. The van der Waals surface area contributed by atoms with Gasteiger partial charge in [0.2, 0.25) is 0 Å². The zero-order valence-corrected chi connectivity index (χ0v) is 16.2. The van der Waals surface area contributed by atoms with E-state index in [9.17, 15) is 0 Å². The summed E-state index contributed by atoms with van der Waals surface area (Å²) in [6.07, 6.45) is 1.24. The van der Waals surface area contributed by atoms with Crippen molar-refractivity contribution >= 4 is 16.7 Å². The highest BCUT2D eigenvalue weighted by Gasteiger charge is 2.27. The number of rotatable bonds is 4. The Labute approximate surface area is 162 Å². The molecule has 2 fully saturated rings. The molecule has 0 radical (unpaired) electrons. The lowest BCUT2D eigenvalue weighted by molar-refractivity contribution is 0.0315. The quantitative estimate of drug-likeness (QED) is 0.667. The zero-order chi connectivity index (χ0) is 18.5. The summed E-state index contributed by atoms with van der Waals surface area (Å²) in [6.45, 7) is 8.07. The average Bonchev–Trinajstić information content (AvgIpc) is 3.17. The van der Waals surface area contributed by atoms with E-state index in [2.05, 4.69) is 62.6 Å². The lowest BCUT2D eigenvalue weighted by Crippen LogP contribution is -2.42. The number of guanidine groups is 1. The number of morpholine rings is 1. The number of benzene rings is 2. The molecule has 27 heavy (non-hydrogen) atoms. The van der Waals surface area contributed by atoms with Gasteiger partial charge >= 0.3 is 0 Å². The van der Waals surface area contributed by atoms with Gasteiger partial charge in [-0.15, -0.1) is 0 Å². The molecule has 0 amide bonds. The maximum Gasteiger partial charge on any atom is 0.193 e. The molecule has 2 aromatic rings. The topological polar surface area (TPSA) is 40.1 Å². The molecule has 4 rings (SSSR count). The summed E-state index contributed by atoms with van der Waals surface area (Å²) in [5.41, 5.74) is 1.32. The maximum absolute atomic E-state index is 5.46. The molecule has 0 aromatic heterocycles. The first-order valence-electron chi connectivity index (χ1n) is 10.1. The highest BCUT2D eigenvalue weighted by Crippen LogP contribution is 2.20. The van der Waals surface area contributed by atoms with Gasteiger partial charge in [-0.2, -0.15) is 0 Å². The van der Waals surface area contributed by atoms with Crippen molar-refractivity contribution in [3.05, 3.63) is 48.0 Å². The van der Waals surface area contributed by atoms with E-state index in [0.717, 1.165) is 57.8 Å². The van der Waals surface area contributed by atoms with E-state index in [0.29, 0.717) is 0 Å². The van der Waals surface area contributed by atoms with Gasteiger partial charge in [-0.05, 0) is 28.7 Å². The van der Waals surface area contributed by atoms with Gasteiger partial charge in [-0.1, -0.05) is 42.5 Å².